The maximum atomic E-state index is 4.28. The van der Waals surface area contributed by atoms with Crippen LogP contribution in [0.1, 0.15) is 44.5 Å². The summed E-state index contributed by atoms with van der Waals surface area (Å²) in [5.74, 6) is 1.61. The van der Waals surface area contributed by atoms with Crippen molar-refractivity contribution in [2.24, 2.45) is 10.9 Å². The van der Waals surface area contributed by atoms with Crippen molar-refractivity contribution in [2.75, 3.05) is 13.6 Å². The highest BCUT2D eigenvalue weighted by molar-refractivity contribution is 14.0. The number of rotatable bonds is 6. The average Bonchev–Trinajstić information content (AvgIpc) is 2.92. The Morgan fingerprint density at radius 1 is 1.37 bits per heavy atom. The van der Waals surface area contributed by atoms with Gasteiger partial charge in [0, 0.05) is 18.5 Å². The smallest absolute Gasteiger partial charge is 0.191 e. The second kappa shape index (κ2) is 10.5. The second-order valence-corrected chi connectivity index (χ2v) is 5.50. The molecule has 5 heteroatoms. The highest BCUT2D eigenvalue weighted by atomic mass is 127. The van der Waals surface area contributed by atoms with E-state index in [2.05, 4.69) is 53.9 Å². The summed E-state index contributed by atoms with van der Waals surface area (Å²) < 4.78 is 0. The Hall–Kier alpha value is -0.300. The van der Waals surface area contributed by atoms with Crippen molar-refractivity contribution in [2.45, 2.75) is 39.7 Å². The highest BCUT2D eigenvalue weighted by Crippen LogP contribution is 2.17. The van der Waals surface area contributed by atoms with Gasteiger partial charge in [-0.25, -0.2) is 0 Å². The van der Waals surface area contributed by atoms with Gasteiger partial charge in [0.05, 0.1) is 6.04 Å². The monoisotopic (exact) mass is 395 g/mol. The zero-order chi connectivity index (χ0) is 13.4. The molecule has 0 saturated carbocycles. The van der Waals surface area contributed by atoms with Crippen LogP contribution in [0.15, 0.2) is 22.5 Å². The minimum absolute atomic E-state index is 0. The quantitative estimate of drug-likeness (QED) is 0.434. The summed E-state index contributed by atoms with van der Waals surface area (Å²) in [5.41, 5.74) is 0. The molecule has 0 fully saturated rings. The molecule has 0 aliphatic heterocycles. The predicted molar refractivity (Wildman–Crippen MR) is 96.7 cm³/mol. The lowest BCUT2D eigenvalue weighted by Gasteiger charge is -2.19. The van der Waals surface area contributed by atoms with Gasteiger partial charge in [-0.2, -0.15) is 0 Å². The molecule has 1 rings (SSSR count). The normalized spacial score (nSPS) is 13.0. The number of nitrogens with one attached hydrogen (secondary N) is 2. The van der Waals surface area contributed by atoms with Gasteiger partial charge in [0.1, 0.15) is 0 Å². The van der Waals surface area contributed by atoms with Crippen LogP contribution in [0.3, 0.4) is 0 Å². The van der Waals surface area contributed by atoms with Crippen molar-refractivity contribution in [3.8, 4) is 0 Å². The van der Waals surface area contributed by atoms with E-state index in [0.29, 0.717) is 6.04 Å². The Balaban J connectivity index is 0.00000324. The van der Waals surface area contributed by atoms with Gasteiger partial charge in [0.25, 0.3) is 0 Å². The fourth-order valence-corrected chi connectivity index (χ4v) is 2.56. The van der Waals surface area contributed by atoms with Crippen molar-refractivity contribution >= 4 is 41.3 Å². The predicted octanol–water partition coefficient (Wildman–Crippen LogP) is 4.03. The number of aliphatic imine (C=N–C) groups is 1. The van der Waals surface area contributed by atoms with Crippen LogP contribution in [0.25, 0.3) is 0 Å². The van der Waals surface area contributed by atoms with Gasteiger partial charge in [0.15, 0.2) is 5.96 Å². The third-order valence-corrected chi connectivity index (χ3v) is 4.31. The average molecular weight is 395 g/mol. The molecular formula is C14H26IN3S. The molecule has 1 unspecified atom stereocenters. The topological polar surface area (TPSA) is 36.4 Å². The van der Waals surface area contributed by atoms with E-state index in [1.807, 2.05) is 7.05 Å². The fourth-order valence-electron chi connectivity index (χ4n) is 1.83. The van der Waals surface area contributed by atoms with Crippen molar-refractivity contribution in [1.29, 1.82) is 0 Å². The molecule has 1 aromatic rings. The van der Waals surface area contributed by atoms with E-state index in [9.17, 15) is 0 Å². The van der Waals surface area contributed by atoms with Gasteiger partial charge in [-0.3, -0.25) is 4.99 Å². The molecule has 1 aromatic heterocycles. The molecule has 0 amide bonds. The van der Waals surface area contributed by atoms with Crippen LogP contribution in [0.4, 0.5) is 0 Å². The Labute approximate surface area is 138 Å². The molecule has 110 valence electrons. The molecule has 1 heterocycles. The SMILES string of the molecule is CCC(CC)CNC(=NC)NC(C)c1cccs1.I. The van der Waals surface area contributed by atoms with E-state index < -0.39 is 0 Å². The standard InChI is InChI=1S/C14H25N3S.HI/c1-5-12(6-2)10-16-14(15-4)17-11(3)13-8-7-9-18-13;/h7-9,11-12H,5-6,10H2,1-4H3,(H2,15,16,17);1H. The third kappa shape index (κ3) is 6.61. The molecule has 3 nitrogen and oxygen atoms in total. The van der Waals surface area contributed by atoms with Crippen LogP contribution in [0.5, 0.6) is 0 Å². The van der Waals surface area contributed by atoms with Gasteiger partial charge in [-0.05, 0) is 24.3 Å². The van der Waals surface area contributed by atoms with Crippen LogP contribution in [0.2, 0.25) is 0 Å². The minimum atomic E-state index is 0. The third-order valence-electron chi connectivity index (χ3n) is 3.26. The molecule has 0 spiro atoms. The summed E-state index contributed by atoms with van der Waals surface area (Å²) in [6.07, 6.45) is 2.42. The van der Waals surface area contributed by atoms with E-state index in [4.69, 9.17) is 0 Å². The van der Waals surface area contributed by atoms with E-state index in [-0.39, 0.29) is 24.0 Å². The summed E-state index contributed by atoms with van der Waals surface area (Å²) >= 11 is 1.77. The van der Waals surface area contributed by atoms with E-state index in [1.54, 1.807) is 11.3 Å². The maximum absolute atomic E-state index is 4.28. The molecular weight excluding hydrogens is 369 g/mol. The fraction of sp³-hybridized carbons (Fsp3) is 0.643. The first-order chi connectivity index (χ1) is 8.71. The summed E-state index contributed by atoms with van der Waals surface area (Å²) in [4.78, 5) is 5.61. The van der Waals surface area contributed by atoms with Gasteiger partial charge >= 0.3 is 0 Å². The Morgan fingerprint density at radius 2 is 2.05 bits per heavy atom. The molecule has 2 N–H and O–H groups in total. The summed E-state index contributed by atoms with van der Waals surface area (Å²) in [7, 11) is 1.82. The molecule has 0 aliphatic rings. The first-order valence-corrected chi connectivity index (χ1v) is 7.59. The zero-order valence-electron chi connectivity index (χ0n) is 12.3. The number of guanidine groups is 1. The largest absolute Gasteiger partial charge is 0.356 e. The van der Waals surface area contributed by atoms with Gasteiger partial charge in [-0.1, -0.05) is 32.8 Å². The molecule has 1 atom stereocenters. The Bertz CT molecular complexity index is 348. The van der Waals surface area contributed by atoms with Crippen LogP contribution in [-0.4, -0.2) is 19.6 Å². The maximum Gasteiger partial charge on any atom is 0.191 e. The van der Waals surface area contributed by atoms with Crippen LogP contribution >= 0.6 is 35.3 Å². The number of nitrogens with zero attached hydrogens (tertiary/aromatic N) is 1. The van der Waals surface area contributed by atoms with E-state index in [1.165, 1.54) is 17.7 Å². The lowest BCUT2D eigenvalue weighted by Crippen LogP contribution is -2.40. The van der Waals surface area contributed by atoms with Crippen molar-refractivity contribution in [1.82, 2.24) is 10.6 Å². The van der Waals surface area contributed by atoms with Crippen LogP contribution < -0.4 is 10.6 Å². The van der Waals surface area contributed by atoms with Crippen LogP contribution in [-0.2, 0) is 0 Å². The summed E-state index contributed by atoms with van der Waals surface area (Å²) in [6, 6.07) is 4.53. The first-order valence-electron chi connectivity index (χ1n) is 6.71. The lowest BCUT2D eigenvalue weighted by molar-refractivity contribution is 0.480. The minimum Gasteiger partial charge on any atom is -0.356 e. The van der Waals surface area contributed by atoms with Crippen molar-refractivity contribution in [3.05, 3.63) is 22.4 Å². The molecule has 19 heavy (non-hydrogen) atoms. The van der Waals surface area contributed by atoms with E-state index >= 15 is 0 Å². The molecule has 0 radical (unpaired) electrons. The first kappa shape index (κ1) is 18.7. The number of hydrogen-bond acceptors (Lipinski definition) is 2. The van der Waals surface area contributed by atoms with E-state index in [0.717, 1.165) is 18.4 Å². The molecule has 0 saturated heterocycles. The molecule has 0 bridgehead atoms. The number of halogens is 1. The Kier molecular flexibility index (Phi) is 10.3. The second-order valence-electron chi connectivity index (χ2n) is 4.52. The highest BCUT2D eigenvalue weighted by Gasteiger charge is 2.09. The molecule has 0 aliphatic carbocycles. The summed E-state index contributed by atoms with van der Waals surface area (Å²) in [5, 5.41) is 8.93. The Morgan fingerprint density at radius 3 is 2.53 bits per heavy atom. The number of hydrogen-bond donors (Lipinski definition) is 2. The van der Waals surface area contributed by atoms with Crippen molar-refractivity contribution < 1.29 is 0 Å². The van der Waals surface area contributed by atoms with Crippen molar-refractivity contribution in [3.63, 3.8) is 0 Å². The van der Waals surface area contributed by atoms with Gasteiger partial charge in [0.2, 0.25) is 0 Å². The lowest BCUT2D eigenvalue weighted by atomic mass is 10.0. The molecule has 0 aromatic carbocycles. The van der Waals surface area contributed by atoms with Gasteiger partial charge in [-0.15, -0.1) is 35.3 Å². The summed E-state index contributed by atoms with van der Waals surface area (Å²) in [6.45, 7) is 7.63. The van der Waals surface area contributed by atoms with Crippen LogP contribution in [0, 0.1) is 5.92 Å². The zero-order valence-corrected chi connectivity index (χ0v) is 15.4. The van der Waals surface area contributed by atoms with Gasteiger partial charge < -0.3 is 10.6 Å². The number of thiophene rings is 1.